The van der Waals surface area contributed by atoms with Gasteiger partial charge in [0.25, 0.3) is 0 Å². The molecule has 0 atom stereocenters. The fourth-order valence-corrected chi connectivity index (χ4v) is 1.68. The monoisotopic (exact) mass is 295 g/mol. The van der Waals surface area contributed by atoms with Crippen molar-refractivity contribution in [3.05, 3.63) is 23.2 Å². The van der Waals surface area contributed by atoms with Gasteiger partial charge in [-0.25, -0.2) is 0 Å². The third-order valence-electron chi connectivity index (χ3n) is 2.43. The number of rotatable bonds is 5. The van der Waals surface area contributed by atoms with Gasteiger partial charge in [0.15, 0.2) is 0 Å². The number of hydrogen-bond acceptors (Lipinski definition) is 7. The van der Waals surface area contributed by atoms with Crippen molar-refractivity contribution in [2.75, 3.05) is 31.9 Å². The maximum atomic E-state index is 5.97. The summed E-state index contributed by atoms with van der Waals surface area (Å²) in [5, 5.41) is 6.40. The third-order valence-corrected chi connectivity index (χ3v) is 2.74. The van der Waals surface area contributed by atoms with Gasteiger partial charge < -0.3 is 20.1 Å². The molecule has 1 heterocycles. The van der Waals surface area contributed by atoms with E-state index in [-0.39, 0.29) is 6.01 Å². The van der Waals surface area contributed by atoms with E-state index in [0.717, 1.165) is 5.69 Å². The quantitative estimate of drug-likeness (QED) is 0.876. The zero-order chi connectivity index (χ0) is 14.5. The first-order valence-corrected chi connectivity index (χ1v) is 6.12. The molecule has 0 aliphatic heterocycles. The van der Waals surface area contributed by atoms with E-state index < -0.39 is 0 Å². The average Bonchev–Trinajstić information content (AvgIpc) is 2.48. The molecule has 8 heteroatoms. The van der Waals surface area contributed by atoms with Crippen LogP contribution in [0.5, 0.6) is 11.8 Å². The molecule has 0 bridgehead atoms. The summed E-state index contributed by atoms with van der Waals surface area (Å²) in [5.74, 6) is 1.32. The molecule has 106 valence electrons. The largest absolute Gasteiger partial charge is 0.495 e. The van der Waals surface area contributed by atoms with E-state index in [2.05, 4.69) is 25.6 Å². The van der Waals surface area contributed by atoms with Crippen molar-refractivity contribution in [2.24, 2.45) is 0 Å². The second-order valence-electron chi connectivity index (χ2n) is 3.69. The zero-order valence-corrected chi connectivity index (χ0v) is 12.0. The predicted octanol–water partition coefficient (Wildman–Crippen LogP) is 2.33. The van der Waals surface area contributed by atoms with Crippen LogP contribution in [-0.4, -0.2) is 36.2 Å². The Bertz CT molecular complexity index is 586. The van der Waals surface area contributed by atoms with Crippen molar-refractivity contribution < 1.29 is 9.47 Å². The maximum Gasteiger partial charge on any atom is 0.322 e. The van der Waals surface area contributed by atoms with Crippen LogP contribution in [0, 0.1) is 0 Å². The highest BCUT2D eigenvalue weighted by atomic mass is 35.5. The number of nitrogens with one attached hydrogen (secondary N) is 2. The van der Waals surface area contributed by atoms with Crippen molar-refractivity contribution >= 4 is 29.2 Å². The van der Waals surface area contributed by atoms with Crippen LogP contribution in [0.3, 0.4) is 0 Å². The van der Waals surface area contributed by atoms with Crippen LogP contribution in [0.15, 0.2) is 18.2 Å². The first-order valence-electron chi connectivity index (χ1n) is 5.74. The fourth-order valence-electron chi connectivity index (χ4n) is 1.48. The topological polar surface area (TPSA) is 81.2 Å². The highest BCUT2D eigenvalue weighted by molar-refractivity contribution is 6.32. The zero-order valence-electron chi connectivity index (χ0n) is 11.3. The number of aromatic nitrogens is 3. The Labute approximate surface area is 121 Å². The lowest BCUT2D eigenvalue weighted by molar-refractivity contribution is 0.379. The fraction of sp³-hybridized carbons (Fsp3) is 0.250. The van der Waals surface area contributed by atoms with Crippen LogP contribution in [0.4, 0.5) is 17.6 Å². The Hall–Kier alpha value is -2.28. The molecule has 2 aromatic rings. The minimum absolute atomic E-state index is 0.216. The van der Waals surface area contributed by atoms with Crippen LogP contribution >= 0.6 is 11.6 Å². The molecule has 0 fully saturated rings. The number of nitrogens with zero attached hydrogens (tertiary/aromatic N) is 3. The Morgan fingerprint density at radius 3 is 2.45 bits per heavy atom. The SMILES string of the molecule is CNc1nc(Nc2ccc(Cl)c(OC)c2)nc(OC)n1. The van der Waals surface area contributed by atoms with Gasteiger partial charge in [-0.2, -0.15) is 15.0 Å². The maximum absolute atomic E-state index is 5.97. The van der Waals surface area contributed by atoms with E-state index in [1.165, 1.54) is 7.11 Å². The van der Waals surface area contributed by atoms with Gasteiger partial charge >= 0.3 is 6.01 Å². The highest BCUT2D eigenvalue weighted by Crippen LogP contribution is 2.28. The van der Waals surface area contributed by atoms with Gasteiger partial charge in [0.2, 0.25) is 11.9 Å². The van der Waals surface area contributed by atoms with Gasteiger partial charge in [-0.05, 0) is 12.1 Å². The van der Waals surface area contributed by atoms with Crippen LogP contribution in [0.2, 0.25) is 5.02 Å². The summed E-state index contributed by atoms with van der Waals surface area (Å²) in [7, 11) is 4.75. The lowest BCUT2D eigenvalue weighted by atomic mass is 10.3. The molecule has 0 saturated carbocycles. The Balaban J connectivity index is 2.29. The Kier molecular flexibility index (Phi) is 4.41. The molecule has 0 amide bonds. The first kappa shape index (κ1) is 14.1. The molecule has 0 aliphatic carbocycles. The molecular weight excluding hydrogens is 282 g/mol. The third kappa shape index (κ3) is 3.18. The summed E-state index contributed by atoms with van der Waals surface area (Å²) in [6.45, 7) is 0. The lowest BCUT2D eigenvalue weighted by Crippen LogP contribution is -2.05. The van der Waals surface area contributed by atoms with Crippen LogP contribution < -0.4 is 20.1 Å². The van der Waals surface area contributed by atoms with Gasteiger partial charge in [-0.1, -0.05) is 11.6 Å². The van der Waals surface area contributed by atoms with E-state index >= 15 is 0 Å². The molecule has 0 spiro atoms. The number of methoxy groups -OCH3 is 2. The summed E-state index contributed by atoms with van der Waals surface area (Å²) in [5.41, 5.74) is 0.738. The van der Waals surface area contributed by atoms with E-state index in [4.69, 9.17) is 21.1 Å². The summed E-state index contributed by atoms with van der Waals surface area (Å²) in [6, 6.07) is 5.48. The van der Waals surface area contributed by atoms with Crippen LogP contribution in [0.1, 0.15) is 0 Å². The van der Waals surface area contributed by atoms with E-state index in [0.29, 0.717) is 22.7 Å². The van der Waals surface area contributed by atoms with Gasteiger partial charge in [0.1, 0.15) is 5.75 Å². The molecule has 0 unspecified atom stereocenters. The summed E-state index contributed by atoms with van der Waals surface area (Å²) in [4.78, 5) is 12.3. The molecule has 7 nitrogen and oxygen atoms in total. The molecule has 20 heavy (non-hydrogen) atoms. The molecule has 0 radical (unpaired) electrons. The van der Waals surface area contributed by atoms with Crippen molar-refractivity contribution in [1.29, 1.82) is 0 Å². The smallest absolute Gasteiger partial charge is 0.322 e. The van der Waals surface area contributed by atoms with E-state index in [1.54, 1.807) is 32.4 Å². The molecule has 1 aromatic heterocycles. The minimum atomic E-state index is 0.216. The molecular formula is C12H14ClN5O2. The summed E-state index contributed by atoms with van der Waals surface area (Å²) in [6.07, 6.45) is 0. The number of halogens is 1. The standard InChI is InChI=1S/C12H14ClN5O2/c1-14-10-16-11(18-12(17-10)20-3)15-7-4-5-8(13)9(6-7)19-2/h4-6H,1-3H3,(H2,14,15,16,17,18). The number of ether oxygens (including phenoxy) is 2. The average molecular weight is 296 g/mol. The van der Waals surface area contributed by atoms with Crippen molar-refractivity contribution in [3.8, 4) is 11.8 Å². The Morgan fingerprint density at radius 1 is 1.05 bits per heavy atom. The summed E-state index contributed by atoms with van der Waals surface area (Å²) < 4.78 is 10.2. The molecule has 2 rings (SSSR count). The van der Waals surface area contributed by atoms with Crippen molar-refractivity contribution in [3.63, 3.8) is 0 Å². The van der Waals surface area contributed by atoms with Crippen molar-refractivity contribution in [2.45, 2.75) is 0 Å². The highest BCUT2D eigenvalue weighted by Gasteiger charge is 2.07. The van der Waals surface area contributed by atoms with E-state index in [9.17, 15) is 0 Å². The van der Waals surface area contributed by atoms with Crippen LogP contribution in [0.25, 0.3) is 0 Å². The molecule has 0 aliphatic rings. The predicted molar refractivity (Wildman–Crippen MR) is 77.2 cm³/mol. The molecule has 1 aromatic carbocycles. The number of anilines is 3. The number of hydrogen-bond donors (Lipinski definition) is 2. The van der Waals surface area contributed by atoms with Gasteiger partial charge in [-0.3, -0.25) is 0 Å². The van der Waals surface area contributed by atoms with Crippen molar-refractivity contribution in [1.82, 2.24) is 15.0 Å². The van der Waals surface area contributed by atoms with Gasteiger partial charge in [-0.15, -0.1) is 0 Å². The molecule has 0 saturated heterocycles. The van der Waals surface area contributed by atoms with Gasteiger partial charge in [0, 0.05) is 18.8 Å². The Morgan fingerprint density at radius 2 is 1.80 bits per heavy atom. The van der Waals surface area contributed by atoms with E-state index in [1.807, 2.05) is 0 Å². The van der Waals surface area contributed by atoms with Crippen LogP contribution in [-0.2, 0) is 0 Å². The number of benzene rings is 1. The lowest BCUT2D eigenvalue weighted by Gasteiger charge is -2.09. The normalized spacial score (nSPS) is 10.0. The minimum Gasteiger partial charge on any atom is -0.495 e. The summed E-state index contributed by atoms with van der Waals surface area (Å²) >= 11 is 5.97. The second-order valence-corrected chi connectivity index (χ2v) is 4.10. The molecule has 2 N–H and O–H groups in total. The second kappa shape index (κ2) is 6.25. The van der Waals surface area contributed by atoms with Gasteiger partial charge in [0.05, 0.1) is 19.2 Å². The first-order chi connectivity index (χ1) is 9.66.